The lowest BCUT2D eigenvalue weighted by Crippen LogP contribution is -2.22. The summed E-state index contributed by atoms with van der Waals surface area (Å²) < 4.78 is 24.4. The van der Waals surface area contributed by atoms with Crippen LogP contribution >= 0.6 is 22.9 Å². The molecule has 0 aliphatic rings. The Morgan fingerprint density at radius 1 is 1.50 bits per heavy atom. The topological polar surface area (TPSA) is 77.3 Å². The minimum atomic E-state index is -0.451. The van der Waals surface area contributed by atoms with Gasteiger partial charge in [-0.2, -0.15) is 4.98 Å². The number of halogens is 2. The standard InChI is InChI=1S/C15H13ClFN3O3S/c1-22-6-5-10-19-11(23-20-10)7-18-15(21)14-13(16)12-8(17)3-2-4-9(12)24-14/h2-4H,5-7H2,1H3,(H,18,21). The van der Waals surface area contributed by atoms with Crippen molar-refractivity contribution in [1.29, 1.82) is 0 Å². The van der Waals surface area contributed by atoms with E-state index >= 15 is 0 Å². The van der Waals surface area contributed by atoms with Gasteiger partial charge in [0.1, 0.15) is 10.7 Å². The molecule has 0 aliphatic carbocycles. The van der Waals surface area contributed by atoms with E-state index in [0.717, 1.165) is 11.3 Å². The number of thiophene rings is 1. The van der Waals surface area contributed by atoms with Crippen molar-refractivity contribution in [3.8, 4) is 0 Å². The van der Waals surface area contributed by atoms with Gasteiger partial charge < -0.3 is 14.6 Å². The number of rotatable bonds is 6. The Kier molecular flexibility index (Phi) is 5.08. The van der Waals surface area contributed by atoms with Crippen molar-refractivity contribution in [1.82, 2.24) is 15.5 Å². The minimum absolute atomic E-state index is 0.0614. The number of hydrogen-bond acceptors (Lipinski definition) is 6. The van der Waals surface area contributed by atoms with Gasteiger partial charge in [0.15, 0.2) is 5.82 Å². The van der Waals surface area contributed by atoms with Crippen LogP contribution in [0.5, 0.6) is 0 Å². The molecule has 3 aromatic rings. The van der Waals surface area contributed by atoms with E-state index in [1.807, 2.05) is 0 Å². The fraction of sp³-hybridized carbons (Fsp3) is 0.267. The van der Waals surface area contributed by atoms with Crippen LogP contribution in [0, 0.1) is 5.82 Å². The van der Waals surface area contributed by atoms with E-state index in [9.17, 15) is 9.18 Å². The van der Waals surface area contributed by atoms with E-state index in [1.165, 1.54) is 6.07 Å². The van der Waals surface area contributed by atoms with Crippen molar-refractivity contribution in [2.75, 3.05) is 13.7 Å². The highest BCUT2D eigenvalue weighted by Gasteiger charge is 2.19. The number of carbonyl (C=O) groups is 1. The molecule has 0 spiro atoms. The zero-order chi connectivity index (χ0) is 17.1. The quantitative estimate of drug-likeness (QED) is 0.722. The van der Waals surface area contributed by atoms with Gasteiger partial charge >= 0.3 is 0 Å². The third-order valence-corrected chi connectivity index (χ3v) is 4.90. The molecule has 1 N–H and O–H groups in total. The maximum atomic E-state index is 13.8. The summed E-state index contributed by atoms with van der Waals surface area (Å²) in [5, 5.41) is 6.79. The fourth-order valence-electron chi connectivity index (χ4n) is 2.11. The van der Waals surface area contributed by atoms with Gasteiger partial charge in [-0.3, -0.25) is 4.79 Å². The predicted molar refractivity (Wildman–Crippen MR) is 87.8 cm³/mol. The second-order valence-electron chi connectivity index (χ2n) is 4.89. The number of carbonyl (C=O) groups excluding carboxylic acids is 1. The normalized spacial score (nSPS) is 11.1. The number of hydrogen-bond donors (Lipinski definition) is 1. The molecule has 1 aromatic carbocycles. The van der Waals surface area contributed by atoms with Crippen LogP contribution in [0.4, 0.5) is 4.39 Å². The van der Waals surface area contributed by atoms with E-state index < -0.39 is 11.7 Å². The Morgan fingerprint density at radius 2 is 2.33 bits per heavy atom. The summed E-state index contributed by atoms with van der Waals surface area (Å²) in [6.45, 7) is 0.542. The average Bonchev–Trinajstić information content (AvgIpc) is 3.16. The Morgan fingerprint density at radius 3 is 3.08 bits per heavy atom. The largest absolute Gasteiger partial charge is 0.384 e. The number of benzene rings is 1. The monoisotopic (exact) mass is 369 g/mol. The van der Waals surface area contributed by atoms with E-state index in [1.54, 1.807) is 19.2 Å². The molecule has 0 aliphatic heterocycles. The molecule has 9 heteroatoms. The first kappa shape index (κ1) is 16.8. The van der Waals surface area contributed by atoms with Crippen molar-refractivity contribution in [3.63, 3.8) is 0 Å². The zero-order valence-corrected chi connectivity index (χ0v) is 14.2. The van der Waals surface area contributed by atoms with Crippen LogP contribution in [-0.2, 0) is 17.7 Å². The molecule has 6 nitrogen and oxygen atoms in total. The van der Waals surface area contributed by atoms with Gasteiger partial charge in [-0.05, 0) is 12.1 Å². The zero-order valence-electron chi connectivity index (χ0n) is 12.6. The Labute approximate surface area is 145 Å². The van der Waals surface area contributed by atoms with Crippen LogP contribution in [0.1, 0.15) is 21.4 Å². The predicted octanol–water partition coefficient (Wildman–Crippen LogP) is 3.20. The van der Waals surface area contributed by atoms with Crippen LogP contribution in [0.15, 0.2) is 22.7 Å². The number of aromatic nitrogens is 2. The van der Waals surface area contributed by atoms with Crippen molar-refractivity contribution in [2.24, 2.45) is 0 Å². The lowest BCUT2D eigenvalue weighted by Gasteiger charge is -2.00. The van der Waals surface area contributed by atoms with Gasteiger partial charge in [-0.15, -0.1) is 11.3 Å². The van der Waals surface area contributed by atoms with Crippen molar-refractivity contribution in [3.05, 3.63) is 45.6 Å². The Bertz CT molecular complexity index is 880. The van der Waals surface area contributed by atoms with Crippen LogP contribution < -0.4 is 5.32 Å². The third-order valence-electron chi connectivity index (χ3n) is 3.25. The SMILES string of the molecule is COCCc1noc(CNC(=O)c2sc3cccc(F)c3c2Cl)n1. The van der Waals surface area contributed by atoms with Gasteiger partial charge in [0.2, 0.25) is 5.89 Å². The number of fused-ring (bicyclic) bond motifs is 1. The first-order valence-electron chi connectivity index (χ1n) is 7.05. The van der Waals surface area contributed by atoms with Gasteiger partial charge in [0.25, 0.3) is 5.91 Å². The number of amides is 1. The Hall–Kier alpha value is -2.03. The number of ether oxygens (including phenoxy) is 1. The smallest absolute Gasteiger partial charge is 0.263 e. The summed E-state index contributed by atoms with van der Waals surface area (Å²) >= 11 is 7.28. The third kappa shape index (κ3) is 3.40. The second-order valence-corrected chi connectivity index (χ2v) is 6.32. The number of methoxy groups -OCH3 is 1. The molecule has 0 fully saturated rings. The molecular formula is C15H13ClFN3O3S. The van der Waals surface area contributed by atoms with E-state index in [4.69, 9.17) is 20.9 Å². The highest BCUT2D eigenvalue weighted by atomic mass is 35.5. The summed E-state index contributed by atoms with van der Waals surface area (Å²) in [6.07, 6.45) is 0.523. The second kappa shape index (κ2) is 7.25. The molecule has 0 saturated carbocycles. The summed E-state index contributed by atoms with van der Waals surface area (Å²) in [7, 11) is 1.58. The lowest BCUT2D eigenvalue weighted by molar-refractivity contribution is 0.0950. The van der Waals surface area contributed by atoms with E-state index in [-0.39, 0.29) is 27.7 Å². The maximum absolute atomic E-state index is 13.8. The minimum Gasteiger partial charge on any atom is -0.384 e. The van der Waals surface area contributed by atoms with E-state index in [2.05, 4.69) is 15.5 Å². The molecule has 0 saturated heterocycles. The van der Waals surface area contributed by atoms with Gasteiger partial charge in [0, 0.05) is 23.6 Å². The number of nitrogens with zero attached hydrogens (tertiary/aromatic N) is 2. The van der Waals surface area contributed by atoms with Gasteiger partial charge in [-0.1, -0.05) is 22.8 Å². The molecule has 0 bridgehead atoms. The molecule has 24 heavy (non-hydrogen) atoms. The maximum Gasteiger partial charge on any atom is 0.263 e. The molecule has 126 valence electrons. The highest BCUT2D eigenvalue weighted by Crippen LogP contribution is 2.36. The van der Waals surface area contributed by atoms with Crippen molar-refractivity contribution < 1.29 is 18.4 Å². The summed E-state index contributed by atoms with van der Waals surface area (Å²) in [5.74, 6) is -0.0920. The summed E-state index contributed by atoms with van der Waals surface area (Å²) in [4.78, 5) is 16.7. The first-order valence-corrected chi connectivity index (χ1v) is 8.24. The first-order chi connectivity index (χ1) is 11.6. The van der Waals surface area contributed by atoms with E-state index in [0.29, 0.717) is 23.6 Å². The molecule has 2 aromatic heterocycles. The van der Waals surface area contributed by atoms with Crippen LogP contribution in [0.25, 0.3) is 10.1 Å². The number of nitrogens with one attached hydrogen (secondary N) is 1. The molecule has 3 rings (SSSR count). The molecular weight excluding hydrogens is 357 g/mol. The molecule has 0 unspecified atom stereocenters. The Balaban J connectivity index is 1.70. The van der Waals surface area contributed by atoms with Crippen LogP contribution in [0.3, 0.4) is 0 Å². The van der Waals surface area contributed by atoms with Crippen molar-refractivity contribution >= 4 is 38.9 Å². The molecule has 0 atom stereocenters. The van der Waals surface area contributed by atoms with Gasteiger partial charge in [0.05, 0.1) is 18.2 Å². The van der Waals surface area contributed by atoms with Gasteiger partial charge in [-0.25, -0.2) is 4.39 Å². The fourth-order valence-corrected chi connectivity index (χ4v) is 3.58. The van der Waals surface area contributed by atoms with Crippen LogP contribution in [-0.4, -0.2) is 29.8 Å². The summed E-state index contributed by atoms with van der Waals surface area (Å²) in [6, 6.07) is 4.60. The lowest BCUT2D eigenvalue weighted by atomic mass is 10.2. The summed E-state index contributed by atoms with van der Waals surface area (Å²) in [5.41, 5.74) is 0. The molecule has 2 heterocycles. The van der Waals surface area contributed by atoms with Crippen molar-refractivity contribution in [2.45, 2.75) is 13.0 Å². The molecule has 1 amide bonds. The highest BCUT2D eigenvalue weighted by molar-refractivity contribution is 7.21. The van der Waals surface area contributed by atoms with Crippen LogP contribution in [0.2, 0.25) is 5.02 Å². The molecule has 0 radical (unpaired) electrons. The average molecular weight is 370 g/mol.